The number of carbonyl (C=O) groups excluding carboxylic acids is 1. The normalized spacial score (nSPS) is 25.4. The first-order valence-electron chi connectivity index (χ1n) is 10.0. The first-order chi connectivity index (χ1) is 14.4. The number of ether oxygens (including phenoxy) is 1. The van der Waals surface area contributed by atoms with Crippen molar-refractivity contribution in [1.82, 2.24) is 4.90 Å². The Kier molecular flexibility index (Phi) is 5.77. The van der Waals surface area contributed by atoms with Crippen LogP contribution in [0.4, 0.5) is 0 Å². The standard InChI is InChI=1S/C23H25NO5S/c1-3-28-23(25)18-14-19-22(20(15-18)29-30(2,26)27)24(19)21(16-10-6-4-7-11-16)17-12-8-5-9-13-17/h4-14,19-22H,3,15H2,1-2H3/t19-,20-,22-,24?/m1/s1. The number of esters is 1. The largest absolute Gasteiger partial charge is 0.463 e. The van der Waals surface area contributed by atoms with E-state index in [9.17, 15) is 13.2 Å². The van der Waals surface area contributed by atoms with Crippen LogP contribution in [0.5, 0.6) is 0 Å². The van der Waals surface area contributed by atoms with E-state index in [1.165, 1.54) is 0 Å². The summed E-state index contributed by atoms with van der Waals surface area (Å²) in [5.41, 5.74) is 2.67. The highest BCUT2D eigenvalue weighted by atomic mass is 32.2. The molecule has 2 aliphatic rings. The molecule has 0 bridgehead atoms. The van der Waals surface area contributed by atoms with Crippen LogP contribution in [0.3, 0.4) is 0 Å². The Morgan fingerprint density at radius 3 is 2.13 bits per heavy atom. The number of fused-ring (bicyclic) bond motifs is 1. The van der Waals surface area contributed by atoms with Gasteiger partial charge in [0, 0.05) is 18.0 Å². The third kappa shape index (κ3) is 4.33. The minimum absolute atomic E-state index is 0.0779. The monoisotopic (exact) mass is 427 g/mol. The van der Waals surface area contributed by atoms with Gasteiger partial charge in [0.1, 0.15) is 0 Å². The van der Waals surface area contributed by atoms with E-state index < -0.39 is 22.2 Å². The summed E-state index contributed by atoms with van der Waals surface area (Å²) in [6.07, 6.45) is 2.52. The fraction of sp³-hybridized carbons (Fsp3) is 0.348. The summed E-state index contributed by atoms with van der Waals surface area (Å²) in [5, 5.41) is 0. The zero-order valence-corrected chi connectivity index (χ0v) is 17.8. The maximum Gasteiger partial charge on any atom is 0.333 e. The molecule has 158 valence electrons. The fourth-order valence-corrected chi connectivity index (χ4v) is 4.97. The van der Waals surface area contributed by atoms with Crippen LogP contribution in [0, 0.1) is 0 Å². The molecule has 0 spiro atoms. The second kappa shape index (κ2) is 8.34. The fourth-order valence-electron chi connectivity index (χ4n) is 4.34. The maximum atomic E-state index is 12.4. The molecule has 1 heterocycles. The van der Waals surface area contributed by atoms with E-state index in [1.54, 1.807) is 6.92 Å². The quantitative estimate of drug-likeness (QED) is 0.384. The van der Waals surface area contributed by atoms with Gasteiger partial charge in [0.05, 0.1) is 31.1 Å². The number of hydrogen-bond acceptors (Lipinski definition) is 6. The molecule has 0 amide bonds. The van der Waals surface area contributed by atoms with E-state index in [4.69, 9.17) is 8.92 Å². The molecule has 0 saturated carbocycles. The highest BCUT2D eigenvalue weighted by molar-refractivity contribution is 7.86. The second-order valence-electron chi connectivity index (χ2n) is 7.61. The van der Waals surface area contributed by atoms with Crippen molar-refractivity contribution in [1.29, 1.82) is 0 Å². The van der Waals surface area contributed by atoms with Gasteiger partial charge in [-0.2, -0.15) is 8.42 Å². The summed E-state index contributed by atoms with van der Waals surface area (Å²) in [6.45, 7) is 2.01. The molecule has 1 saturated heterocycles. The average molecular weight is 428 g/mol. The lowest BCUT2D eigenvalue weighted by molar-refractivity contribution is -0.139. The second-order valence-corrected chi connectivity index (χ2v) is 9.21. The van der Waals surface area contributed by atoms with Gasteiger partial charge in [-0.1, -0.05) is 66.7 Å². The van der Waals surface area contributed by atoms with Crippen molar-refractivity contribution in [2.75, 3.05) is 12.9 Å². The van der Waals surface area contributed by atoms with E-state index >= 15 is 0 Å². The molecular weight excluding hydrogens is 402 g/mol. The third-order valence-corrected chi connectivity index (χ3v) is 6.08. The summed E-state index contributed by atoms with van der Waals surface area (Å²) < 4.78 is 34.4. The first-order valence-corrected chi connectivity index (χ1v) is 11.8. The molecule has 1 fully saturated rings. The smallest absolute Gasteiger partial charge is 0.333 e. The zero-order chi connectivity index (χ0) is 21.3. The van der Waals surface area contributed by atoms with Gasteiger partial charge in [0.25, 0.3) is 10.1 Å². The Labute approximate surface area is 177 Å². The van der Waals surface area contributed by atoms with Gasteiger partial charge in [-0.3, -0.25) is 9.08 Å². The van der Waals surface area contributed by atoms with E-state index in [0.717, 1.165) is 17.4 Å². The molecule has 7 heteroatoms. The zero-order valence-electron chi connectivity index (χ0n) is 17.0. The van der Waals surface area contributed by atoms with Gasteiger partial charge in [-0.15, -0.1) is 0 Å². The molecule has 4 rings (SSSR count). The van der Waals surface area contributed by atoms with E-state index in [0.29, 0.717) is 5.57 Å². The van der Waals surface area contributed by atoms with Crippen molar-refractivity contribution in [3.8, 4) is 0 Å². The summed E-state index contributed by atoms with van der Waals surface area (Å²) in [7, 11) is -3.68. The molecule has 1 unspecified atom stereocenters. The van der Waals surface area contributed by atoms with E-state index in [1.807, 2.05) is 42.5 Å². The lowest BCUT2D eigenvalue weighted by atomic mass is 9.97. The Hall–Kier alpha value is -2.48. The number of rotatable bonds is 7. The first kappa shape index (κ1) is 20.8. The Bertz CT molecular complexity index is 996. The highest BCUT2D eigenvalue weighted by Gasteiger charge is 2.58. The van der Waals surface area contributed by atoms with Crippen LogP contribution < -0.4 is 0 Å². The Morgan fingerprint density at radius 2 is 1.63 bits per heavy atom. The molecule has 30 heavy (non-hydrogen) atoms. The van der Waals surface area contributed by atoms with Gasteiger partial charge >= 0.3 is 5.97 Å². The van der Waals surface area contributed by atoms with Crippen LogP contribution in [0.15, 0.2) is 72.3 Å². The number of carbonyl (C=O) groups is 1. The average Bonchev–Trinajstić information content (AvgIpc) is 3.43. The predicted octanol–water partition coefficient (Wildman–Crippen LogP) is 3.07. The van der Waals surface area contributed by atoms with E-state index in [-0.39, 0.29) is 31.2 Å². The van der Waals surface area contributed by atoms with Crippen LogP contribution >= 0.6 is 0 Å². The Balaban J connectivity index is 1.73. The van der Waals surface area contributed by atoms with Crippen LogP contribution in [0.2, 0.25) is 0 Å². The molecule has 0 N–H and O–H groups in total. The topological polar surface area (TPSA) is 72.7 Å². The van der Waals surface area contributed by atoms with Crippen LogP contribution in [-0.4, -0.2) is 50.3 Å². The number of benzene rings is 2. The van der Waals surface area contributed by atoms with Crippen LogP contribution in [0.25, 0.3) is 0 Å². The van der Waals surface area contributed by atoms with Crippen LogP contribution in [0.1, 0.15) is 30.5 Å². The van der Waals surface area contributed by atoms with Gasteiger partial charge < -0.3 is 4.74 Å². The lowest BCUT2D eigenvalue weighted by Gasteiger charge is -2.23. The van der Waals surface area contributed by atoms with Crippen molar-refractivity contribution < 1.29 is 22.1 Å². The summed E-state index contributed by atoms with van der Waals surface area (Å²) >= 11 is 0. The molecule has 0 aromatic heterocycles. The molecule has 1 aliphatic heterocycles. The predicted molar refractivity (Wildman–Crippen MR) is 113 cm³/mol. The Morgan fingerprint density at radius 1 is 1.07 bits per heavy atom. The third-order valence-electron chi connectivity index (χ3n) is 5.49. The maximum absolute atomic E-state index is 12.4. The summed E-state index contributed by atoms with van der Waals surface area (Å²) in [6, 6.07) is 19.8. The molecular formula is C23H25NO5S. The minimum Gasteiger partial charge on any atom is -0.463 e. The van der Waals surface area contributed by atoms with Crippen molar-refractivity contribution in [2.24, 2.45) is 0 Å². The van der Waals surface area contributed by atoms with Crippen LogP contribution in [-0.2, 0) is 23.8 Å². The minimum atomic E-state index is -3.68. The van der Waals surface area contributed by atoms with Gasteiger partial charge in [0.15, 0.2) is 0 Å². The SMILES string of the molecule is CCOC(=O)C1=C[C@@H]2[C@H]([C@H](OS(C)(=O)=O)C1)N2C(c1ccccc1)c1ccccc1. The summed E-state index contributed by atoms with van der Waals surface area (Å²) in [5.74, 6) is -0.416. The van der Waals surface area contributed by atoms with Crippen molar-refractivity contribution in [3.63, 3.8) is 0 Å². The molecule has 6 nitrogen and oxygen atoms in total. The van der Waals surface area contributed by atoms with Gasteiger partial charge in [-0.25, -0.2) is 4.79 Å². The molecule has 2 aromatic rings. The van der Waals surface area contributed by atoms with Crippen molar-refractivity contribution in [3.05, 3.63) is 83.4 Å². The van der Waals surface area contributed by atoms with Gasteiger partial charge in [-0.05, 0) is 18.1 Å². The number of hydrogen-bond donors (Lipinski definition) is 0. The number of nitrogens with zero attached hydrogens (tertiary/aromatic N) is 1. The van der Waals surface area contributed by atoms with Crippen molar-refractivity contribution in [2.45, 2.75) is 37.6 Å². The molecule has 1 aliphatic carbocycles. The molecule has 0 radical (unpaired) electrons. The highest BCUT2D eigenvalue weighted by Crippen LogP contribution is 2.49. The van der Waals surface area contributed by atoms with Crippen molar-refractivity contribution >= 4 is 16.1 Å². The lowest BCUT2D eigenvalue weighted by Crippen LogP contribution is -2.31. The van der Waals surface area contributed by atoms with E-state index in [2.05, 4.69) is 29.2 Å². The summed E-state index contributed by atoms with van der Waals surface area (Å²) in [4.78, 5) is 14.6. The molecule has 2 aromatic carbocycles. The van der Waals surface area contributed by atoms with Gasteiger partial charge in [0.2, 0.25) is 0 Å². The molecule has 4 atom stereocenters.